The van der Waals surface area contributed by atoms with Crippen LogP contribution in [-0.2, 0) is 19.9 Å². The van der Waals surface area contributed by atoms with Gasteiger partial charge in [0.1, 0.15) is 0 Å². The van der Waals surface area contributed by atoms with Gasteiger partial charge in [-0.1, -0.05) is 17.7 Å². The highest BCUT2D eigenvalue weighted by atomic mass is 35.5. The van der Waals surface area contributed by atoms with Crippen molar-refractivity contribution in [1.29, 1.82) is 0 Å². The number of piperazine rings is 1. The lowest BCUT2D eigenvalue weighted by atomic mass is 10.4. The van der Waals surface area contributed by atoms with E-state index in [1.165, 1.54) is 57.7 Å². The zero-order chi connectivity index (χ0) is 18.9. The smallest absolute Gasteiger partial charge is 0.243 e. The first-order valence-electron chi connectivity index (χ1n) is 8.13. The average Bonchev–Trinajstić information content (AvgIpc) is 2.62. The normalized spacial score (nSPS) is 17.3. The Morgan fingerprint density at radius 1 is 0.885 bits per heavy atom. The fraction of sp³-hybridized carbons (Fsp3) is 0.294. The molecule has 0 amide bonds. The maximum atomic E-state index is 12.9. The van der Waals surface area contributed by atoms with Crippen molar-refractivity contribution in [2.45, 2.75) is 14.7 Å². The summed E-state index contributed by atoms with van der Waals surface area (Å²) in [6.07, 6.45) is 0. The first-order chi connectivity index (χ1) is 12.2. The lowest BCUT2D eigenvalue weighted by Crippen LogP contribution is -3.12. The molecule has 0 saturated carbocycles. The molecule has 1 N–H and O–H groups in total. The van der Waals surface area contributed by atoms with Crippen LogP contribution < -0.4 is 4.90 Å². The van der Waals surface area contributed by atoms with Gasteiger partial charge in [0.15, 0.2) is 0 Å². The van der Waals surface area contributed by atoms with Crippen LogP contribution in [0.3, 0.4) is 0 Å². The van der Waals surface area contributed by atoms with Gasteiger partial charge in [0.25, 0.3) is 0 Å². The van der Waals surface area contributed by atoms with Crippen LogP contribution in [0, 0.1) is 0 Å². The highest BCUT2D eigenvalue weighted by molar-refractivity contribution is 7.91. The summed E-state index contributed by atoms with van der Waals surface area (Å²) in [6.45, 7) is 2.29. The molecule has 0 spiro atoms. The summed E-state index contributed by atoms with van der Waals surface area (Å²) in [4.78, 5) is 1.28. The molecular weight excluding hydrogens is 396 g/mol. The van der Waals surface area contributed by atoms with Crippen LogP contribution in [-0.4, -0.2) is 54.4 Å². The molecule has 9 heteroatoms. The Morgan fingerprint density at radius 2 is 1.46 bits per heavy atom. The predicted octanol–water partition coefficient (Wildman–Crippen LogP) is 0.692. The molecule has 0 aliphatic carbocycles. The Balaban J connectivity index is 1.96. The summed E-state index contributed by atoms with van der Waals surface area (Å²) in [5.74, 6) is 0. The number of rotatable bonds is 4. The zero-order valence-electron chi connectivity index (χ0n) is 14.2. The van der Waals surface area contributed by atoms with Crippen LogP contribution in [0.2, 0.25) is 5.02 Å². The van der Waals surface area contributed by atoms with E-state index in [1.54, 1.807) is 0 Å². The summed E-state index contributed by atoms with van der Waals surface area (Å²) in [5.41, 5.74) is 0. The lowest BCUT2D eigenvalue weighted by molar-refractivity contribution is -0.883. The molecule has 2 aromatic carbocycles. The van der Waals surface area contributed by atoms with E-state index < -0.39 is 19.9 Å². The number of sulfonamides is 1. The molecule has 1 heterocycles. The Hall–Kier alpha value is -1.45. The van der Waals surface area contributed by atoms with Gasteiger partial charge in [0.2, 0.25) is 19.9 Å². The van der Waals surface area contributed by atoms with Crippen LogP contribution in [0.4, 0.5) is 0 Å². The highest BCUT2D eigenvalue weighted by Crippen LogP contribution is 2.25. The molecule has 1 fully saturated rings. The fourth-order valence-electron chi connectivity index (χ4n) is 2.81. The number of halogens is 1. The number of benzene rings is 2. The van der Waals surface area contributed by atoms with Gasteiger partial charge in [0.05, 0.1) is 47.9 Å². The van der Waals surface area contributed by atoms with Crippen LogP contribution in [0.1, 0.15) is 0 Å². The van der Waals surface area contributed by atoms with Gasteiger partial charge in [-0.15, -0.1) is 0 Å². The van der Waals surface area contributed by atoms with Gasteiger partial charge in [-0.2, -0.15) is 4.31 Å². The maximum absolute atomic E-state index is 12.9. The monoisotopic (exact) mass is 415 g/mol. The molecule has 1 saturated heterocycles. The van der Waals surface area contributed by atoms with Crippen molar-refractivity contribution in [2.24, 2.45) is 0 Å². The molecular formula is C17H20ClN2O4S2+. The summed E-state index contributed by atoms with van der Waals surface area (Å²) < 4.78 is 52.7. The third kappa shape index (κ3) is 3.79. The van der Waals surface area contributed by atoms with E-state index in [0.717, 1.165) is 13.1 Å². The van der Waals surface area contributed by atoms with Crippen molar-refractivity contribution < 1.29 is 21.7 Å². The first kappa shape index (κ1) is 19.3. The summed E-state index contributed by atoms with van der Waals surface area (Å²) >= 11 is 5.81. The van der Waals surface area contributed by atoms with E-state index in [9.17, 15) is 16.8 Å². The third-order valence-corrected chi connectivity index (χ3v) is 8.37. The fourth-order valence-corrected chi connectivity index (χ4v) is 5.80. The number of likely N-dealkylation sites (N-methyl/N-ethyl adjacent to an activating group) is 1. The number of hydrogen-bond acceptors (Lipinski definition) is 4. The molecule has 0 radical (unpaired) electrons. The van der Waals surface area contributed by atoms with Crippen LogP contribution in [0.5, 0.6) is 0 Å². The third-order valence-electron chi connectivity index (χ3n) is 4.45. The van der Waals surface area contributed by atoms with E-state index >= 15 is 0 Å². The largest absolute Gasteiger partial charge is 0.335 e. The van der Waals surface area contributed by atoms with E-state index in [-0.39, 0.29) is 14.7 Å². The van der Waals surface area contributed by atoms with Crippen LogP contribution in [0.15, 0.2) is 63.2 Å². The molecule has 6 nitrogen and oxygen atoms in total. The maximum Gasteiger partial charge on any atom is 0.243 e. The standard InChI is InChI=1S/C17H19ClN2O4S2/c1-19-9-11-20(12-10-19)26(23,24)17-4-2-3-16(13-17)25(21,22)15-7-5-14(18)6-8-15/h2-8,13H,9-12H2,1H3/p+1. The van der Waals surface area contributed by atoms with E-state index in [4.69, 9.17) is 11.6 Å². The van der Waals surface area contributed by atoms with Crippen molar-refractivity contribution in [1.82, 2.24) is 4.31 Å². The van der Waals surface area contributed by atoms with Gasteiger partial charge < -0.3 is 4.90 Å². The zero-order valence-corrected chi connectivity index (χ0v) is 16.6. The lowest BCUT2D eigenvalue weighted by Gasteiger charge is -2.29. The molecule has 3 rings (SSSR count). The number of quaternary nitrogens is 1. The molecule has 1 aliphatic heterocycles. The van der Waals surface area contributed by atoms with Gasteiger partial charge in [-0.3, -0.25) is 0 Å². The van der Waals surface area contributed by atoms with Gasteiger partial charge >= 0.3 is 0 Å². The van der Waals surface area contributed by atoms with Gasteiger partial charge in [-0.05, 0) is 42.5 Å². The first-order valence-corrected chi connectivity index (χ1v) is 11.4. The second-order valence-electron chi connectivity index (χ2n) is 6.29. The minimum atomic E-state index is -3.82. The van der Waals surface area contributed by atoms with Crippen LogP contribution >= 0.6 is 11.6 Å². The Bertz CT molecular complexity index is 997. The molecule has 140 valence electrons. The van der Waals surface area contributed by atoms with Gasteiger partial charge in [0, 0.05) is 5.02 Å². The Kier molecular flexibility index (Phi) is 5.41. The van der Waals surface area contributed by atoms with E-state index in [0.29, 0.717) is 18.1 Å². The second-order valence-corrected chi connectivity index (χ2v) is 10.6. The summed E-state index contributed by atoms with van der Waals surface area (Å²) in [7, 11) is -5.53. The van der Waals surface area contributed by atoms with Crippen molar-refractivity contribution in [3.05, 3.63) is 53.6 Å². The number of nitrogens with zero attached hydrogens (tertiary/aromatic N) is 1. The minimum Gasteiger partial charge on any atom is -0.335 e. The summed E-state index contributed by atoms with van der Waals surface area (Å²) in [6, 6.07) is 11.3. The van der Waals surface area contributed by atoms with Crippen molar-refractivity contribution in [3.8, 4) is 0 Å². The van der Waals surface area contributed by atoms with Gasteiger partial charge in [-0.25, -0.2) is 16.8 Å². The van der Waals surface area contributed by atoms with Crippen molar-refractivity contribution in [2.75, 3.05) is 33.2 Å². The van der Waals surface area contributed by atoms with E-state index in [1.807, 2.05) is 7.05 Å². The highest BCUT2D eigenvalue weighted by Gasteiger charge is 2.30. The number of sulfone groups is 1. The van der Waals surface area contributed by atoms with Crippen LogP contribution in [0.25, 0.3) is 0 Å². The molecule has 0 aromatic heterocycles. The SMILES string of the molecule is C[NH+]1CCN(S(=O)(=O)c2cccc(S(=O)(=O)c3ccc(Cl)cc3)c2)CC1. The summed E-state index contributed by atoms with van der Waals surface area (Å²) in [5, 5.41) is 0.428. The minimum absolute atomic E-state index is 0.00732. The molecule has 0 atom stereocenters. The molecule has 0 bridgehead atoms. The quantitative estimate of drug-likeness (QED) is 0.797. The average molecular weight is 416 g/mol. The van der Waals surface area contributed by atoms with Crippen molar-refractivity contribution in [3.63, 3.8) is 0 Å². The molecule has 2 aromatic rings. The molecule has 26 heavy (non-hydrogen) atoms. The second kappa shape index (κ2) is 7.28. The number of hydrogen-bond donors (Lipinski definition) is 1. The Morgan fingerprint density at radius 3 is 2.08 bits per heavy atom. The number of nitrogens with one attached hydrogen (secondary N) is 1. The molecule has 1 aliphatic rings. The topological polar surface area (TPSA) is 76.0 Å². The Labute approximate surface area is 159 Å². The van der Waals surface area contributed by atoms with Crippen molar-refractivity contribution >= 4 is 31.5 Å². The predicted molar refractivity (Wildman–Crippen MR) is 98.7 cm³/mol. The van der Waals surface area contributed by atoms with E-state index in [2.05, 4.69) is 0 Å². The molecule has 0 unspecified atom stereocenters.